The predicted octanol–water partition coefficient (Wildman–Crippen LogP) is 2.86. The highest BCUT2D eigenvalue weighted by Crippen LogP contribution is 2.23. The van der Waals surface area contributed by atoms with Crippen molar-refractivity contribution < 1.29 is 0 Å². The molecule has 0 aliphatic rings. The van der Waals surface area contributed by atoms with E-state index in [1.807, 2.05) is 7.05 Å². The van der Waals surface area contributed by atoms with Gasteiger partial charge in [0.2, 0.25) is 0 Å². The van der Waals surface area contributed by atoms with E-state index >= 15 is 0 Å². The molecule has 70 valence electrons. The Morgan fingerprint density at radius 1 is 1.69 bits per heavy atom. The topological polar surface area (TPSA) is 27.0 Å². The third-order valence-corrected chi connectivity index (χ3v) is 3.62. The van der Waals surface area contributed by atoms with Gasteiger partial charge in [-0.3, -0.25) is 0 Å². The van der Waals surface area contributed by atoms with Gasteiger partial charge in [-0.05, 0) is 34.4 Å². The number of nitrogens with zero attached hydrogens (tertiary/aromatic N) is 2. The zero-order valence-corrected chi connectivity index (χ0v) is 9.86. The van der Waals surface area contributed by atoms with E-state index in [1.54, 1.807) is 11.3 Å². The minimum Gasteiger partial charge on any atom is -0.300 e. The average molecular weight is 259 g/mol. The molecule has 1 aromatic heterocycles. The molecule has 0 atom stereocenters. The monoisotopic (exact) mass is 258 g/mol. The predicted molar refractivity (Wildman–Crippen MR) is 58.6 cm³/mol. The van der Waals surface area contributed by atoms with Crippen LogP contribution in [0.2, 0.25) is 0 Å². The first kappa shape index (κ1) is 10.7. The van der Waals surface area contributed by atoms with E-state index in [0.717, 1.165) is 13.1 Å². The summed E-state index contributed by atoms with van der Waals surface area (Å²) < 4.78 is 1.17. The molecule has 0 saturated carbocycles. The summed E-state index contributed by atoms with van der Waals surface area (Å²) in [6, 6.07) is 4.20. The van der Waals surface area contributed by atoms with E-state index in [0.29, 0.717) is 6.42 Å². The van der Waals surface area contributed by atoms with Gasteiger partial charge in [-0.15, -0.1) is 11.3 Å². The van der Waals surface area contributed by atoms with Gasteiger partial charge < -0.3 is 4.90 Å². The molecule has 0 saturated heterocycles. The molecule has 2 nitrogen and oxygen atoms in total. The van der Waals surface area contributed by atoms with Crippen molar-refractivity contribution in [2.45, 2.75) is 13.0 Å². The standard InChI is InChI=1S/C9H11BrN2S/c1-12(5-2-4-11)7-9-8(10)3-6-13-9/h3,6H,2,5,7H2,1H3. The second-order valence-corrected chi connectivity index (χ2v) is 4.69. The van der Waals surface area contributed by atoms with Crippen molar-refractivity contribution in [2.75, 3.05) is 13.6 Å². The molecule has 0 amide bonds. The van der Waals surface area contributed by atoms with Crippen LogP contribution in [0.5, 0.6) is 0 Å². The number of hydrogen-bond acceptors (Lipinski definition) is 3. The Morgan fingerprint density at radius 2 is 2.46 bits per heavy atom. The van der Waals surface area contributed by atoms with Crippen molar-refractivity contribution in [3.8, 4) is 6.07 Å². The summed E-state index contributed by atoms with van der Waals surface area (Å²) in [6.45, 7) is 1.75. The zero-order valence-electron chi connectivity index (χ0n) is 7.46. The lowest BCUT2D eigenvalue weighted by molar-refractivity contribution is 0.337. The molecule has 0 aliphatic carbocycles. The van der Waals surface area contributed by atoms with Crippen molar-refractivity contribution in [1.29, 1.82) is 5.26 Å². The molecule has 13 heavy (non-hydrogen) atoms. The number of rotatable bonds is 4. The molecule has 0 aliphatic heterocycles. The summed E-state index contributed by atoms with van der Waals surface area (Å²) in [5, 5.41) is 10.5. The lowest BCUT2D eigenvalue weighted by Crippen LogP contribution is -2.18. The molecule has 0 radical (unpaired) electrons. The number of halogens is 1. The molecule has 1 heterocycles. The number of hydrogen-bond donors (Lipinski definition) is 0. The van der Waals surface area contributed by atoms with Crippen LogP contribution in [-0.4, -0.2) is 18.5 Å². The summed E-state index contributed by atoms with van der Waals surface area (Å²) in [6.07, 6.45) is 0.597. The minimum absolute atomic E-state index is 0.597. The number of thiophene rings is 1. The fourth-order valence-corrected chi connectivity index (χ4v) is 2.56. The van der Waals surface area contributed by atoms with Gasteiger partial charge in [0, 0.05) is 28.9 Å². The SMILES string of the molecule is CN(CCC#N)Cc1sccc1Br. The normalized spacial score (nSPS) is 10.3. The van der Waals surface area contributed by atoms with Crippen LogP contribution in [0.1, 0.15) is 11.3 Å². The van der Waals surface area contributed by atoms with Crippen LogP contribution in [0.15, 0.2) is 15.9 Å². The van der Waals surface area contributed by atoms with Crippen molar-refractivity contribution in [2.24, 2.45) is 0 Å². The van der Waals surface area contributed by atoms with Gasteiger partial charge >= 0.3 is 0 Å². The largest absolute Gasteiger partial charge is 0.300 e. The van der Waals surface area contributed by atoms with Crippen LogP contribution in [0.4, 0.5) is 0 Å². The summed E-state index contributed by atoms with van der Waals surface area (Å²) in [5.41, 5.74) is 0. The van der Waals surface area contributed by atoms with Crippen LogP contribution < -0.4 is 0 Å². The van der Waals surface area contributed by atoms with E-state index in [-0.39, 0.29) is 0 Å². The first-order valence-corrected chi connectivity index (χ1v) is 5.68. The molecule has 0 N–H and O–H groups in total. The van der Waals surface area contributed by atoms with Crippen LogP contribution in [0.3, 0.4) is 0 Å². The van der Waals surface area contributed by atoms with Gasteiger partial charge in [-0.1, -0.05) is 0 Å². The van der Waals surface area contributed by atoms with E-state index in [9.17, 15) is 0 Å². The maximum atomic E-state index is 8.41. The fraction of sp³-hybridized carbons (Fsp3) is 0.444. The van der Waals surface area contributed by atoms with Gasteiger partial charge in [0.1, 0.15) is 0 Å². The summed E-state index contributed by atoms with van der Waals surface area (Å²) in [4.78, 5) is 3.47. The lowest BCUT2D eigenvalue weighted by Gasteiger charge is -2.13. The van der Waals surface area contributed by atoms with Crippen LogP contribution in [-0.2, 0) is 6.54 Å². The third-order valence-electron chi connectivity index (χ3n) is 1.71. The Balaban J connectivity index is 2.41. The zero-order chi connectivity index (χ0) is 9.68. The van der Waals surface area contributed by atoms with E-state index in [1.165, 1.54) is 9.35 Å². The Bertz CT molecular complexity index is 303. The second-order valence-electron chi connectivity index (χ2n) is 2.84. The molecule has 4 heteroatoms. The summed E-state index contributed by atoms with van der Waals surface area (Å²) >= 11 is 5.22. The fourth-order valence-electron chi connectivity index (χ4n) is 1.00. The molecule has 1 aromatic rings. The summed E-state index contributed by atoms with van der Waals surface area (Å²) in [5.74, 6) is 0. The van der Waals surface area contributed by atoms with Crippen LogP contribution in [0, 0.1) is 11.3 Å². The molecule has 0 fully saturated rings. The lowest BCUT2D eigenvalue weighted by atomic mass is 10.4. The highest BCUT2D eigenvalue weighted by atomic mass is 79.9. The third kappa shape index (κ3) is 3.47. The quantitative estimate of drug-likeness (QED) is 0.831. The van der Waals surface area contributed by atoms with E-state index < -0.39 is 0 Å². The first-order valence-electron chi connectivity index (χ1n) is 4.01. The van der Waals surface area contributed by atoms with Gasteiger partial charge in [-0.25, -0.2) is 0 Å². The molecule has 0 aromatic carbocycles. The smallest absolute Gasteiger partial charge is 0.0635 e. The second kappa shape index (κ2) is 5.38. The molecular formula is C9H11BrN2S. The molecule has 0 bridgehead atoms. The van der Waals surface area contributed by atoms with Crippen molar-refractivity contribution >= 4 is 27.3 Å². The Kier molecular flexibility index (Phi) is 4.43. The maximum Gasteiger partial charge on any atom is 0.0635 e. The van der Waals surface area contributed by atoms with E-state index in [4.69, 9.17) is 5.26 Å². The Labute approximate surface area is 90.9 Å². The van der Waals surface area contributed by atoms with E-state index in [2.05, 4.69) is 38.3 Å². The molecular weight excluding hydrogens is 248 g/mol. The van der Waals surface area contributed by atoms with Crippen molar-refractivity contribution in [1.82, 2.24) is 4.90 Å². The van der Waals surface area contributed by atoms with Crippen molar-refractivity contribution in [3.05, 3.63) is 20.8 Å². The maximum absolute atomic E-state index is 8.41. The first-order chi connectivity index (χ1) is 6.24. The van der Waals surface area contributed by atoms with Gasteiger partial charge in [0.05, 0.1) is 6.07 Å². The van der Waals surface area contributed by atoms with Crippen LogP contribution >= 0.6 is 27.3 Å². The highest BCUT2D eigenvalue weighted by Gasteiger charge is 2.04. The van der Waals surface area contributed by atoms with Crippen LogP contribution in [0.25, 0.3) is 0 Å². The molecule has 1 rings (SSSR count). The van der Waals surface area contributed by atoms with Gasteiger partial charge in [-0.2, -0.15) is 5.26 Å². The Morgan fingerprint density at radius 3 is 3.00 bits per heavy atom. The summed E-state index contributed by atoms with van der Waals surface area (Å²) in [7, 11) is 2.03. The van der Waals surface area contributed by atoms with Gasteiger partial charge in [0.15, 0.2) is 0 Å². The average Bonchev–Trinajstić information content (AvgIpc) is 2.48. The molecule has 0 unspecified atom stereocenters. The minimum atomic E-state index is 0.597. The molecule has 0 spiro atoms. The van der Waals surface area contributed by atoms with Crippen molar-refractivity contribution in [3.63, 3.8) is 0 Å². The van der Waals surface area contributed by atoms with Gasteiger partial charge in [0.25, 0.3) is 0 Å². The number of nitriles is 1. The highest BCUT2D eigenvalue weighted by molar-refractivity contribution is 9.10. The Hall–Kier alpha value is -0.370.